The standard InChI is InChI=1S/C19H21N3O2S3/c1-3-13-4-6-14(7-5-13)10-15-11-20-18(27-15)21-16(23)8-9-22-17(24)12(2)26-19(22)25/h4-7,11-12H,3,8-10H2,1-2H3,(H,20,21,23). The molecule has 0 saturated carbocycles. The summed E-state index contributed by atoms with van der Waals surface area (Å²) in [5, 5.41) is 3.23. The van der Waals surface area contributed by atoms with E-state index in [4.69, 9.17) is 12.2 Å². The number of nitrogens with zero attached hydrogens (tertiary/aromatic N) is 2. The predicted octanol–water partition coefficient (Wildman–Crippen LogP) is 3.87. The number of hydrogen-bond donors (Lipinski definition) is 1. The molecule has 27 heavy (non-hydrogen) atoms. The molecule has 0 bridgehead atoms. The van der Waals surface area contributed by atoms with Crippen molar-refractivity contribution in [3.63, 3.8) is 0 Å². The molecule has 1 N–H and O–H groups in total. The monoisotopic (exact) mass is 419 g/mol. The fraction of sp³-hybridized carbons (Fsp3) is 0.368. The van der Waals surface area contributed by atoms with Gasteiger partial charge in [0.05, 0.1) is 5.25 Å². The van der Waals surface area contributed by atoms with Crippen molar-refractivity contribution >= 4 is 56.6 Å². The first-order valence-electron chi connectivity index (χ1n) is 8.80. The molecule has 3 rings (SSSR count). The van der Waals surface area contributed by atoms with Gasteiger partial charge in [0.2, 0.25) is 11.8 Å². The van der Waals surface area contributed by atoms with E-state index < -0.39 is 0 Å². The van der Waals surface area contributed by atoms with Crippen molar-refractivity contribution in [3.8, 4) is 0 Å². The van der Waals surface area contributed by atoms with E-state index in [0.29, 0.717) is 16.0 Å². The first kappa shape index (κ1) is 20.0. The summed E-state index contributed by atoms with van der Waals surface area (Å²) in [7, 11) is 0. The minimum atomic E-state index is -0.164. The second kappa shape index (κ2) is 8.95. The van der Waals surface area contributed by atoms with E-state index in [9.17, 15) is 9.59 Å². The minimum Gasteiger partial charge on any atom is -0.302 e. The van der Waals surface area contributed by atoms with Crippen LogP contribution in [0.15, 0.2) is 30.5 Å². The number of thioether (sulfide) groups is 1. The molecule has 1 saturated heterocycles. The van der Waals surface area contributed by atoms with Crippen LogP contribution < -0.4 is 5.32 Å². The van der Waals surface area contributed by atoms with Crippen molar-refractivity contribution in [1.29, 1.82) is 0 Å². The zero-order chi connectivity index (χ0) is 19.4. The van der Waals surface area contributed by atoms with Gasteiger partial charge in [-0.1, -0.05) is 55.2 Å². The highest BCUT2D eigenvalue weighted by Gasteiger charge is 2.33. The van der Waals surface area contributed by atoms with Gasteiger partial charge in [0.25, 0.3) is 0 Å². The summed E-state index contributed by atoms with van der Waals surface area (Å²) in [4.78, 5) is 31.0. The number of thiazole rings is 1. The highest BCUT2D eigenvalue weighted by Crippen LogP contribution is 2.27. The zero-order valence-electron chi connectivity index (χ0n) is 15.2. The van der Waals surface area contributed by atoms with Gasteiger partial charge < -0.3 is 5.32 Å². The molecular formula is C19H21N3O2S3. The number of anilines is 1. The number of benzene rings is 1. The van der Waals surface area contributed by atoms with E-state index >= 15 is 0 Å². The second-order valence-corrected chi connectivity index (χ2v) is 9.38. The highest BCUT2D eigenvalue weighted by atomic mass is 32.2. The number of aromatic nitrogens is 1. The summed E-state index contributed by atoms with van der Waals surface area (Å²) in [6, 6.07) is 8.54. The lowest BCUT2D eigenvalue weighted by Gasteiger charge is -2.14. The van der Waals surface area contributed by atoms with Crippen LogP contribution in [-0.2, 0) is 22.4 Å². The number of carbonyl (C=O) groups is 2. The van der Waals surface area contributed by atoms with Gasteiger partial charge in [0, 0.05) is 30.5 Å². The van der Waals surface area contributed by atoms with Crippen LogP contribution in [0.4, 0.5) is 5.13 Å². The lowest BCUT2D eigenvalue weighted by Crippen LogP contribution is -2.33. The molecule has 1 aromatic carbocycles. The molecular weight excluding hydrogens is 398 g/mol. The maximum Gasteiger partial charge on any atom is 0.241 e. The van der Waals surface area contributed by atoms with Crippen molar-refractivity contribution < 1.29 is 9.59 Å². The number of rotatable bonds is 7. The molecule has 1 aliphatic rings. The maximum absolute atomic E-state index is 12.2. The number of thiocarbonyl (C=S) groups is 1. The van der Waals surface area contributed by atoms with Gasteiger partial charge in [-0.15, -0.1) is 11.3 Å². The minimum absolute atomic E-state index is 0.0246. The molecule has 0 spiro atoms. The van der Waals surface area contributed by atoms with Crippen molar-refractivity contribution in [2.24, 2.45) is 0 Å². The van der Waals surface area contributed by atoms with Crippen molar-refractivity contribution in [2.45, 2.75) is 38.4 Å². The lowest BCUT2D eigenvalue weighted by atomic mass is 10.1. The number of hydrogen-bond acceptors (Lipinski definition) is 6. The van der Waals surface area contributed by atoms with Crippen LogP contribution in [0.3, 0.4) is 0 Å². The number of aryl methyl sites for hydroxylation is 1. The Balaban J connectivity index is 1.50. The molecule has 1 fully saturated rings. The van der Waals surface area contributed by atoms with Gasteiger partial charge in [-0.25, -0.2) is 4.98 Å². The van der Waals surface area contributed by atoms with Crippen LogP contribution >= 0.6 is 35.3 Å². The summed E-state index contributed by atoms with van der Waals surface area (Å²) < 4.78 is 0.547. The largest absolute Gasteiger partial charge is 0.302 e. The Morgan fingerprint density at radius 1 is 1.30 bits per heavy atom. The van der Waals surface area contributed by atoms with Crippen LogP contribution in [0.2, 0.25) is 0 Å². The third kappa shape index (κ3) is 5.15. The Labute approximate surface area is 172 Å². The zero-order valence-corrected chi connectivity index (χ0v) is 17.7. The first-order valence-corrected chi connectivity index (χ1v) is 10.9. The summed E-state index contributed by atoms with van der Waals surface area (Å²) >= 11 is 8.02. The number of carbonyl (C=O) groups excluding carboxylic acids is 2. The van der Waals surface area contributed by atoms with E-state index in [1.807, 2.05) is 6.92 Å². The van der Waals surface area contributed by atoms with Gasteiger partial charge in [0.15, 0.2) is 5.13 Å². The van der Waals surface area contributed by atoms with E-state index in [-0.39, 0.29) is 23.5 Å². The van der Waals surface area contributed by atoms with Crippen molar-refractivity contribution in [2.75, 3.05) is 11.9 Å². The van der Waals surface area contributed by atoms with Crippen LogP contribution in [-0.4, -0.2) is 37.8 Å². The maximum atomic E-state index is 12.2. The molecule has 5 nitrogen and oxygen atoms in total. The molecule has 2 aromatic rings. The number of amides is 2. The van der Waals surface area contributed by atoms with Gasteiger partial charge in [-0.2, -0.15) is 0 Å². The molecule has 2 amide bonds. The third-order valence-corrected chi connectivity index (χ3v) is 6.68. The van der Waals surface area contributed by atoms with Crippen LogP contribution in [0.25, 0.3) is 0 Å². The normalized spacial score (nSPS) is 16.8. The average molecular weight is 420 g/mol. The molecule has 0 radical (unpaired) electrons. The van der Waals surface area contributed by atoms with Crippen LogP contribution in [0, 0.1) is 0 Å². The van der Waals surface area contributed by atoms with Crippen molar-refractivity contribution in [3.05, 3.63) is 46.5 Å². The summed E-state index contributed by atoms with van der Waals surface area (Å²) in [5.74, 6) is -0.188. The Morgan fingerprint density at radius 3 is 2.63 bits per heavy atom. The Morgan fingerprint density at radius 2 is 2.00 bits per heavy atom. The summed E-state index contributed by atoms with van der Waals surface area (Å²) in [6.45, 7) is 4.27. The molecule has 1 unspecified atom stereocenters. The Hall–Kier alpha value is -1.77. The molecule has 0 aliphatic carbocycles. The predicted molar refractivity (Wildman–Crippen MR) is 115 cm³/mol. The van der Waals surface area contributed by atoms with E-state index in [1.54, 1.807) is 6.20 Å². The van der Waals surface area contributed by atoms with Crippen LogP contribution in [0.5, 0.6) is 0 Å². The van der Waals surface area contributed by atoms with Crippen LogP contribution in [0.1, 0.15) is 36.3 Å². The van der Waals surface area contributed by atoms with E-state index in [1.165, 1.54) is 39.1 Å². The fourth-order valence-electron chi connectivity index (χ4n) is 2.71. The Bertz CT molecular complexity index is 848. The van der Waals surface area contributed by atoms with Gasteiger partial charge in [-0.3, -0.25) is 14.5 Å². The summed E-state index contributed by atoms with van der Waals surface area (Å²) in [6.07, 6.45) is 3.82. The molecule has 8 heteroatoms. The SMILES string of the molecule is CCc1ccc(Cc2cnc(NC(=O)CCN3C(=O)C(C)SC3=S)s2)cc1. The Kier molecular flexibility index (Phi) is 6.62. The highest BCUT2D eigenvalue weighted by molar-refractivity contribution is 8.24. The molecule has 1 aromatic heterocycles. The number of nitrogens with one attached hydrogen (secondary N) is 1. The average Bonchev–Trinajstić information content (AvgIpc) is 3.18. The molecule has 1 atom stereocenters. The van der Waals surface area contributed by atoms with E-state index in [0.717, 1.165) is 17.7 Å². The summed E-state index contributed by atoms with van der Waals surface area (Å²) in [5.41, 5.74) is 2.54. The topological polar surface area (TPSA) is 62.3 Å². The lowest BCUT2D eigenvalue weighted by molar-refractivity contribution is -0.126. The molecule has 142 valence electrons. The fourth-order valence-corrected chi connectivity index (χ4v) is 5.03. The van der Waals surface area contributed by atoms with Crippen molar-refractivity contribution in [1.82, 2.24) is 9.88 Å². The molecule has 1 aliphatic heterocycles. The van der Waals surface area contributed by atoms with Gasteiger partial charge in [-0.05, 0) is 24.5 Å². The van der Waals surface area contributed by atoms with Gasteiger partial charge in [0.1, 0.15) is 4.32 Å². The van der Waals surface area contributed by atoms with Gasteiger partial charge >= 0.3 is 0 Å². The first-order chi connectivity index (χ1) is 13.0. The quantitative estimate of drug-likeness (QED) is 0.690. The van der Waals surface area contributed by atoms with E-state index in [2.05, 4.69) is 41.5 Å². The second-order valence-electron chi connectivity index (χ2n) is 6.29. The third-order valence-electron chi connectivity index (χ3n) is 4.28. The molecule has 2 heterocycles. The smallest absolute Gasteiger partial charge is 0.241 e.